The van der Waals surface area contributed by atoms with E-state index in [0.29, 0.717) is 28.4 Å². The summed E-state index contributed by atoms with van der Waals surface area (Å²) in [5.41, 5.74) is 1.68. The Hall–Kier alpha value is -4.27. The summed E-state index contributed by atoms with van der Waals surface area (Å²) in [6.45, 7) is 5.84. The molecular formula is C28H26F2N4O3. The highest BCUT2D eigenvalue weighted by Crippen LogP contribution is 2.32. The molecule has 0 unspecified atom stereocenters. The molecule has 0 bridgehead atoms. The number of carbonyl (C=O) groups is 1. The summed E-state index contributed by atoms with van der Waals surface area (Å²) in [5.74, 6) is -1.45. The van der Waals surface area contributed by atoms with Crippen molar-refractivity contribution >= 4 is 33.4 Å². The third-order valence-corrected chi connectivity index (χ3v) is 6.00. The van der Waals surface area contributed by atoms with E-state index in [1.807, 2.05) is 30.3 Å². The van der Waals surface area contributed by atoms with Gasteiger partial charge < -0.3 is 10.1 Å². The number of para-hydroxylation sites is 1. The van der Waals surface area contributed by atoms with E-state index in [2.05, 4.69) is 10.3 Å². The summed E-state index contributed by atoms with van der Waals surface area (Å²) in [4.78, 5) is 30.3. The van der Waals surface area contributed by atoms with Gasteiger partial charge in [0.15, 0.2) is 0 Å². The standard InChI is InChI=1S/C28H26F2N4O3/c1-28(2,3)37-26(35)32-9-6-10-33-25-21(18-11-19(29)14-20(30)12-18)15-31-16-22(25)24-13-17-7-4-5-8-23(17)34(24)27(33)36/h4-5,7-8,11-16H,6,9-10H2,1-3H3,(H,32,35). The number of benzene rings is 2. The number of rotatable bonds is 5. The number of pyridine rings is 1. The molecule has 0 aliphatic carbocycles. The van der Waals surface area contributed by atoms with Crippen LogP contribution < -0.4 is 11.0 Å². The van der Waals surface area contributed by atoms with Crippen molar-refractivity contribution in [3.8, 4) is 11.1 Å². The van der Waals surface area contributed by atoms with Gasteiger partial charge in [-0.05, 0) is 57.0 Å². The Morgan fingerprint density at radius 3 is 2.49 bits per heavy atom. The van der Waals surface area contributed by atoms with Crippen molar-refractivity contribution in [2.45, 2.75) is 39.3 Å². The predicted molar refractivity (Wildman–Crippen MR) is 139 cm³/mol. The maximum Gasteiger partial charge on any atom is 0.407 e. The predicted octanol–water partition coefficient (Wildman–Crippen LogP) is 5.66. The molecule has 0 saturated carbocycles. The molecule has 0 fully saturated rings. The largest absolute Gasteiger partial charge is 0.444 e. The Morgan fingerprint density at radius 1 is 1.03 bits per heavy atom. The minimum Gasteiger partial charge on any atom is -0.444 e. The third kappa shape index (κ3) is 4.76. The van der Waals surface area contributed by atoms with Gasteiger partial charge in [-0.1, -0.05) is 18.2 Å². The first-order valence-corrected chi connectivity index (χ1v) is 12.0. The Bertz CT molecular complexity index is 1700. The number of fused-ring (bicyclic) bond motifs is 5. The summed E-state index contributed by atoms with van der Waals surface area (Å²) in [6, 6.07) is 12.7. The zero-order chi connectivity index (χ0) is 26.3. The van der Waals surface area contributed by atoms with Crippen LogP contribution in [0.2, 0.25) is 0 Å². The Balaban J connectivity index is 1.66. The molecule has 5 rings (SSSR count). The number of hydrogen-bond donors (Lipinski definition) is 1. The number of carbonyl (C=O) groups excluding carboxylic acids is 1. The number of aromatic nitrogens is 3. The van der Waals surface area contributed by atoms with Gasteiger partial charge in [-0.2, -0.15) is 0 Å². The van der Waals surface area contributed by atoms with E-state index in [1.165, 1.54) is 18.3 Å². The van der Waals surface area contributed by atoms with Gasteiger partial charge in [0.1, 0.15) is 17.2 Å². The van der Waals surface area contributed by atoms with Crippen LogP contribution in [0.3, 0.4) is 0 Å². The summed E-state index contributed by atoms with van der Waals surface area (Å²) in [6.07, 6.45) is 3.03. The molecule has 3 heterocycles. The van der Waals surface area contributed by atoms with E-state index >= 15 is 0 Å². The first kappa shape index (κ1) is 24.4. The van der Waals surface area contributed by atoms with Crippen molar-refractivity contribution in [2.24, 2.45) is 0 Å². The number of ether oxygens (including phenoxy) is 1. The molecule has 0 saturated heterocycles. The Labute approximate surface area is 211 Å². The van der Waals surface area contributed by atoms with Gasteiger partial charge >= 0.3 is 11.8 Å². The number of nitrogens with one attached hydrogen (secondary N) is 1. The molecule has 0 aliphatic heterocycles. The van der Waals surface area contributed by atoms with E-state index in [1.54, 1.807) is 35.9 Å². The third-order valence-electron chi connectivity index (χ3n) is 6.00. The molecule has 1 amide bonds. The maximum atomic E-state index is 14.1. The van der Waals surface area contributed by atoms with Gasteiger partial charge in [0.05, 0.1) is 16.6 Å². The number of halogens is 2. The topological polar surface area (TPSA) is 77.6 Å². The summed E-state index contributed by atoms with van der Waals surface area (Å²) < 4.78 is 36.8. The van der Waals surface area contributed by atoms with E-state index in [4.69, 9.17) is 4.74 Å². The van der Waals surface area contributed by atoms with Crippen LogP contribution >= 0.6 is 0 Å². The second-order valence-corrected chi connectivity index (χ2v) is 9.88. The summed E-state index contributed by atoms with van der Waals surface area (Å²) in [7, 11) is 0. The van der Waals surface area contributed by atoms with Gasteiger partial charge in [-0.3, -0.25) is 14.0 Å². The van der Waals surface area contributed by atoms with Crippen LogP contribution in [-0.2, 0) is 11.3 Å². The fraction of sp³-hybridized carbons (Fsp3) is 0.250. The molecule has 5 aromatic rings. The molecule has 0 radical (unpaired) electrons. The second-order valence-electron chi connectivity index (χ2n) is 9.88. The lowest BCUT2D eigenvalue weighted by Gasteiger charge is -2.20. The van der Waals surface area contributed by atoms with Crippen molar-refractivity contribution < 1.29 is 18.3 Å². The van der Waals surface area contributed by atoms with Crippen LogP contribution in [0.25, 0.3) is 38.4 Å². The first-order valence-electron chi connectivity index (χ1n) is 12.0. The van der Waals surface area contributed by atoms with Crippen molar-refractivity contribution in [3.05, 3.63) is 83.0 Å². The monoisotopic (exact) mass is 504 g/mol. The number of hydrogen-bond acceptors (Lipinski definition) is 4. The van der Waals surface area contributed by atoms with Crippen LogP contribution in [0, 0.1) is 11.6 Å². The first-order chi connectivity index (χ1) is 17.6. The van der Waals surface area contributed by atoms with Gasteiger partial charge in [-0.25, -0.2) is 18.4 Å². The van der Waals surface area contributed by atoms with Gasteiger partial charge in [0.25, 0.3) is 0 Å². The normalized spacial score (nSPS) is 11.9. The molecule has 1 N–H and O–H groups in total. The molecule has 0 atom stereocenters. The number of alkyl carbamates (subject to hydrolysis) is 1. The lowest BCUT2D eigenvalue weighted by Crippen LogP contribution is -2.34. The van der Waals surface area contributed by atoms with Gasteiger partial charge in [0, 0.05) is 47.9 Å². The molecule has 2 aromatic carbocycles. The van der Waals surface area contributed by atoms with Crippen molar-refractivity contribution in [2.75, 3.05) is 6.54 Å². The van der Waals surface area contributed by atoms with Crippen molar-refractivity contribution in [1.29, 1.82) is 0 Å². The fourth-order valence-corrected chi connectivity index (χ4v) is 4.58. The van der Waals surface area contributed by atoms with Gasteiger partial charge in [0.2, 0.25) is 0 Å². The maximum absolute atomic E-state index is 14.1. The minimum atomic E-state index is -0.725. The highest BCUT2D eigenvalue weighted by atomic mass is 19.1. The number of nitrogens with zero attached hydrogens (tertiary/aromatic N) is 3. The van der Waals surface area contributed by atoms with Crippen LogP contribution in [0.15, 0.2) is 65.7 Å². The molecule has 3 aromatic heterocycles. The molecule has 0 spiro atoms. The lowest BCUT2D eigenvalue weighted by molar-refractivity contribution is 0.0526. The smallest absolute Gasteiger partial charge is 0.407 e. The molecule has 0 aliphatic rings. The van der Waals surface area contributed by atoms with E-state index in [-0.39, 0.29) is 24.3 Å². The van der Waals surface area contributed by atoms with Crippen LogP contribution in [0.1, 0.15) is 27.2 Å². The highest BCUT2D eigenvalue weighted by molar-refractivity contribution is 6.05. The van der Waals surface area contributed by atoms with E-state index in [0.717, 1.165) is 17.0 Å². The molecule has 190 valence electrons. The summed E-state index contributed by atoms with van der Waals surface area (Å²) >= 11 is 0. The molecular weight excluding hydrogens is 478 g/mol. The molecule has 9 heteroatoms. The van der Waals surface area contributed by atoms with E-state index < -0.39 is 23.3 Å². The van der Waals surface area contributed by atoms with Crippen molar-refractivity contribution in [3.63, 3.8) is 0 Å². The quantitative estimate of drug-likeness (QED) is 0.313. The number of amides is 1. The Kier molecular flexibility index (Phi) is 6.15. The summed E-state index contributed by atoms with van der Waals surface area (Å²) in [5, 5.41) is 4.25. The SMILES string of the molecule is CC(C)(C)OC(=O)NCCCn1c(=O)n2c3ccccc3cc2c2cncc(-c3cc(F)cc(F)c3)c21. The van der Waals surface area contributed by atoms with Crippen LogP contribution in [0.5, 0.6) is 0 Å². The second kappa shape index (κ2) is 9.31. The van der Waals surface area contributed by atoms with Crippen molar-refractivity contribution in [1.82, 2.24) is 19.3 Å². The number of aryl methyl sites for hydroxylation is 1. The van der Waals surface area contributed by atoms with Crippen LogP contribution in [-0.4, -0.2) is 32.2 Å². The van der Waals surface area contributed by atoms with Gasteiger partial charge in [-0.15, -0.1) is 0 Å². The zero-order valence-electron chi connectivity index (χ0n) is 20.7. The molecule has 7 nitrogen and oxygen atoms in total. The van der Waals surface area contributed by atoms with Crippen LogP contribution in [0.4, 0.5) is 13.6 Å². The minimum absolute atomic E-state index is 0.238. The fourth-order valence-electron chi connectivity index (χ4n) is 4.58. The average molecular weight is 505 g/mol. The molecule has 37 heavy (non-hydrogen) atoms. The Morgan fingerprint density at radius 2 is 1.76 bits per heavy atom. The zero-order valence-corrected chi connectivity index (χ0v) is 20.7. The average Bonchev–Trinajstić information content (AvgIpc) is 3.21. The van der Waals surface area contributed by atoms with E-state index in [9.17, 15) is 18.4 Å². The highest BCUT2D eigenvalue weighted by Gasteiger charge is 2.19. The lowest BCUT2D eigenvalue weighted by atomic mass is 10.0.